The van der Waals surface area contributed by atoms with Crippen molar-refractivity contribution in [1.82, 2.24) is 5.43 Å². The maximum atomic E-state index is 10.6. The zero-order valence-electron chi connectivity index (χ0n) is 9.02. The molecule has 0 atom stereocenters. The van der Waals surface area contributed by atoms with E-state index >= 15 is 0 Å². The Morgan fingerprint density at radius 3 is 2.69 bits per heavy atom. The highest BCUT2D eigenvalue weighted by Gasteiger charge is 2.17. The fraction of sp³-hybridized carbons (Fsp3) is 0.273. The molecule has 0 saturated carbocycles. The Morgan fingerprint density at radius 2 is 2.19 bits per heavy atom. The normalized spacial score (nSPS) is 15.0. The second-order valence-corrected chi connectivity index (χ2v) is 3.60. The zero-order valence-corrected chi connectivity index (χ0v) is 9.02. The lowest BCUT2D eigenvalue weighted by atomic mass is 10.1. The molecule has 0 amide bonds. The molecule has 0 aromatic carbocycles. The first-order valence-corrected chi connectivity index (χ1v) is 4.85. The summed E-state index contributed by atoms with van der Waals surface area (Å²) in [5.41, 5.74) is 6.64. The lowest BCUT2D eigenvalue weighted by molar-refractivity contribution is 0.0660. The minimum Gasteiger partial charge on any atom is -0.475 e. The van der Waals surface area contributed by atoms with Gasteiger partial charge in [-0.3, -0.25) is 0 Å². The summed E-state index contributed by atoms with van der Waals surface area (Å²) in [5.74, 6) is -0.491. The highest BCUT2D eigenvalue weighted by molar-refractivity contribution is 6.00. The van der Waals surface area contributed by atoms with E-state index in [4.69, 9.17) is 9.52 Å². The van der Waals surface area contributed by atoms with Crippen molar-refractivity contribution in [3.05, 3.63) is 34.9 Å². The monoisotopic (exact) mass is 219 g/mol. The molecule has 1 aromatic rings. The van der Waals surface area contributed by atoms with Gasteiger partial charge in [0, 0.05) is 12.0 Å². The van der Waals surface area contributed by atoms with Gasteiger partial charge in [-0.15, -0.1) is 0 Å². The Balaban J connectivity index is 2.18. The molecular formula is C11H11N2O3. The van der Waals surface area contributed by atoms with E-state index in [9.17, 15) is 4.79 Å². The molecule has 0 saturated heterocycles. The first-order valence-electron chi connectivity index (χ1n) is 4.85. The molecule has 1 radical (unpaired) electrons. The van der Waals surface area contributed by atoms with Crippen LogP contribution in [0.1, 0.15) is 30.2 Å². The van der Waals surface area contributed by atoms with Gasteiger partial charge in [-0.25, -0.2) is 4.79 Å². The molecule has 5 nitrogen and oxygen atoms in total. The van der Waals surface area contributed by atoms with Crippen molar-refractivity contribution in [1.29, 1.82) is 0 Å². The van der Waals surface area contributed by atoms with Crippen LogP contribution in [0.4, 0.5) is 0 Å². The zero-order chi connectivity index (χ0) is 11.7. The Morgan fingerprint density at radius 1 is 1.44 bits per heavy atom. The number of hydrogen-bond donors (Lipinski definition) is 1. The van der Waals surface area contributed by atoms with Crippen molar-refractivity contribution in [2.75, 3.05) is 0 Å². The predicted molar refractivity (Wildman–Crippen MR) is 57.3 cm³/mol. The molecule has 0 bridgehead atoms. The first kappa shape index (κ1) is 10.5. The molecule has 16 heavy (non-hydrogen) atoms. The number of aromatic carboxylic acids is 1. The van der Waals surface area contributed by atoms with E-state index in [1.54, 1.807) is 6.07 Å². The SMILES string of the molecule is CC1=N[N]C(C)=C1Cc1ccc(C(=O)O)o1. The maximum Gasteiger partial charge on any atom is 0.371 e. The van der Waals surface area contributed by atoms with Crippen LogP contribution < -0.4 is 5.43 Å². The standard InChI is InChI=1S/C11H11N2O3/c1-6-9(7(2)13-12-6)5-8-3-4-10(16-8)11(14)15/h3-4H,5H2,1-2H3,(H,14,15). The van der Waals surface area contributed by atoms with E-state index in [0.29, 0.717) is 12.2 Å². The van der Waals surface area contributed by atoms with E-state index in [0.717, 1.165) is 17.0 Å². The summed E-state index contributed by atoms with van der Waals surface area (Å²) in [4.78, 5) is 10.6. The molecule has 0 aliphatic carbocycles. The third kappa shape index (κ3) is 1.84. The Labute approximate surface area is 92.5 Å². The van der Waals surface area contributed by atoms with Crippen LogP contribution in [0.2, 0.25) is 0 Å². The average Bonchev–Trinajstić information content (AvgIpc) is 2.80. The number of allylic oxidation sites excluding steroid dienone is 2. The smallest absolute Gasteiger partial charge is 0.371 e. The molecule has 0 unspecified atom stereocenters. The van der Waals surface area contributed by atoms with Crippen molar-refractivity contribution in [2.45, 2.75) is 20.3 Å². The third-order valence-corrected chi connectivity index (χ3v) is 2.45. The molecule has 2 heterocycles. The van der Waals surface area contributed by atoms with Crippen LogP contribution in [0.15, 0.2) is 32.9 Å². The van der Waals surface area contributed by atoms with Crippen LogP contribution in [0.25, 0.3) is 0 Å². The van der Waals surface area contributed by atoms with Crippen molar-refractivity contribution in [2.24, 2.45) is 5.10 Å². The Bertz CT molecular complexity index is 497. The molecule has 1 aliphatic rings. The molecule has 1 aliphatic heterocycles. The van der Waals surface area contributed by atoms with Gasteiger partial charge in [0.05, 0.1) is 11.4 Å². The number of hydrogen-bond acceptors (Lipinski definition) is 3. The van der Waals surface area contributed by atoms with Gasteiger partial charge in [0.15, 0.2) is 0 Å². The molecule has 2 rings (SSSR count). The van der Waals surface area contributed by atoms with Crippen LogP contribution in [-0.2, 0) is 6.42 Å². The largest absolute Gasteiger partial charge is 0.475 e. The lowest BCUT2D eigenvalue weighted by Gasteiger charge is -1.99. The minimum absolute atomic E-state index is 0.0437. The van der Waals surface area contributed by atoms with Crippen molar-refractivity contribution < 1.29 is 14.3 Å². The van der Waals surface area contributed by atoms with Gasteiger partial charge in [-0.05, 0) is 26.0 Å². The summed E-state index contributed by atoms with van der Waals surface area (Å²) in [6.45, 7) is 3.74. The number of carboxylic acids is 1. The van der Waals surface area contributed by atoms with Gasteiger partial charge in [0.2, 0.25) is 5.76 Å². The quantitative estimate of drug-likeness (QED) is 0.841. The molecule has 1 N–H and O–H groups in total. The molecule has 5 heteroatoms. The number of carboxylic acid groups (broad SMARTS) is 1. The number of carbonyl (C=O) groups is 1. The second kappa shape index (κ2) is 3.84. The van der Waals surface area contributed by atoms with E-state index < -0.39 is 5.97 Å². The van der Waals surface area contributed by atoms with Crippen LogP contribution in [0, 0.1) is 0 Å². The van der Waals surface area contributed by atoms with E-state index in [2.05, 4.69) is 10.5 Å². The summed E-state index contributed by atoms with van der Waals surface area (Å²) < 4.78 is 5.17. The van der Waals surface area contributed by atoms with Crippen LogP contribution in [-0.4, -0.2) is 16.8 Å². The second-order valence-electron chi connectivity index (χ2n) is 3.60. The van der Waals surface area contributed by atoms with Gasteiger partial charge in [0.25, 0.3) is 0 Å². The van der Waals surface area contributed by atoms with Crippen molar-refractivity contribution >= 4 is 11.7 Å². The minimum atomic E-state index is -1.06. The van der Waals surface area contributed by atoms with Gasteiger partial charge in [-0.1, -0.05) is 0 Å². The highest BCUT2D eigenvalue weighted by atomic mass is 16.4. The van der Waals surface area contributed by atoms with Crippen LogP contribution in [0.3, 0.4) is 0 Å². The summed E-state index contributed by atoms with van der Waals surface area (Å²) in [6, 6.07) is 3.11. The summed E-state index contributed by atoms with van der Waals surface area (Å²) in [6.07, 6.45) is 0.526. The van der Waals surface area contributed by atoms with Crippen LogP contribution in [0.5, 0.6) is 0 Å². The number of rotatable bonds is 3. The number of nitrogens with zero attached hydrogens (tertiary/aromatic N) is 2. The van der Waals surface area contributed by atoms with Crippen LogP contribution >= 0.6 is 0 Å². The fourth-order valence-corrected chi connectivity index (χ4v) is 1.55. The fourth-order valence-electron chi connectivity index (χ4n) is 1.55. The number of furan rings is 1. The summed E-state index contributed by atoms with van der Waals surface area (Å²) >= 11 is 0. The van der Waals surface area contributed by atoms with E-state index in [1.165, 1.54) is 6.07 Å². The van der Waals surface area contributed by atoms with Crippen molar-refractivity contribution in [3.8, 4) is 0 Å². The summed E-state index contributed by atoms with van der Waals surface area (Å²) in [5, 5.41) is 12.7. The highest BCUT2D eigenvalue weighted by Crippen LogP contribution is 2.19. The topological polar surface area (TPSA) is 76.9 Å². The molecule has 0 fully saturated rings. The van der Waals surface area contributed by atoms with Gasteiger partial charge >= 0.3 is 5.97 Å². The molecular weight excluding hydrogens is 208 g/mol. The lowest BCUT2D eigenvalue weighted by Crippen LogP contribution is -1.99. The van der Waals surface area contributed by atoms with Gasteiger partial charge in [0.1, 0.15) is 5.76 Å². The molecule has 1 aromatic heterocycles. The molecule has 83 valence electrons. The maximum absolute atomic E-state index is 10.6. The Hall–Kier alpha value is -2.04. The van der Waals surface area contributed by atoms with Gasteiger partial charge in [-0.2, -0.15) is 10.5 Å². The van der Waals surface area contributed by atoms with Gasteiger partial charge < -0.3 is 9.52 Å². The average molecular weight is 219 g/mol. The van der Waals surface area contributed by atoms with Crippen molar-refractivity contribution in [3.63, 3.8) is 0 Å². The summed E-state index contributed by atoms with van der Waals surface area (Å²) in [7, 11) is 0. The third-order valence-electron chi connectivity index (χ3n) is 2.45. The molecule has 0 spiro atoms. The van der Waals surface area contributed by atoms with E-state index in [-0.39, 0.29) is 5.76 Å². The first-order chi connectivity index (χ1) is 7.58. The van der Waals surface area contributed by atoms with E-state index in [1.807, 2.05) is 13.8 Å². The predicted octanol–water partition coefficient (Wildman–Crippen LogP) is 1.79. The Kier molecular flexibility index (Phi) is 2.52.